The van der Waals surface area contributed by atoms with Gasteiger partial charge in [-0.25, -0.2) is 0 Å². The highest BCUT2D eigenvalue weighted by Gasteiger charge is 2.26. The second kappa shape index (κ2) is 6.98. The first-order valence-electron chi connectivity index (χ1n) is 6.31. The molecule has 2 N–H and O–H groups in total. The van der Waals surface area contributed by atoms with Crippen LogP contribution in [0.1, 0.15) is 32.6 Å². The first kappa shape index (κ1) is 14.5. The van der Waals surface area contributed by atoms with Crippen LogP contribution in [0.15, 0.2) is 0 Å². The van der Waals surface area contributed by atoms with Gasteiger partial charge in [0.25, 0.3) is 0 Å². The summed E-state index contributed by atoms with van der Waals surface area (Å²) in [6.45, 7) is 3.35. The topological polar surface area (TPSA) is 86.7 Å². The van der Waals surface area contributed by atoms with Crippen LogP contribution in [0.3, 0.4) is 0 Å². The van der Waals surface area contributed by atoms with E-state index < -0.39 is 5.97 Å². The maximum atomic E-state index is 11.8. The van der Waals surface area contributed by atoms with Crippen molar-refractivity contribution in [1.29, 1.82) is 0 Å². The Morgan fingerprint density at radius 1 is 1.22 bits per heavy atom. The molecule has 1 rings (SSSR count). The number of amides is 2. The number of aliphatic carboxylic acids is 1. The van der Waals surface area contributed by atoms with E-state index in [9.17, 15) is 14.4 Å². The summed E-state index contributed by atoms with van der Waals surface area (Å²) in [4.78, 5) is 35.4. The van der Waals surface area contributed by atoms with Gasteiger partial charge in [-0.3, -0.25) is 14.4 Å². The molecule has 0 bridgehead atoms. The second-order valence-corrected chi connectivity index (χ2v) is 4.45. The first-order chi connectivity index (χ1) is 8.54. The minimum absolute atomic E-state index is 0.0647. The SMILES string of the molecule is CCNC(=O)CCC(=O)N1CCC(C(=O)O)CC1. The van der Waals surface area contributed by atoms with E-state index in [4.69, 9.17) is 5.11 Å². The average Bonchev–Trinajstić information content (AvgIpc) is 2.36. The van der Waals surface area contributed by atoms with Crippen LogP contribution in [0.4, 0.5) is 0 Å². The van der Waals surface area contributed by atoms with Gasteiger partial charge in [0.1, 0.15) is 0 Å². The fourth-order valence-corrected chi connectivity index (χ4v) is 2.04. The largest absolute Gasteiger partial charge is 0.481 e. The van der Waals surface area contributed by atoms with Crippen molar-refractivity contribution >= 4 is 17.8 Å². The van der Waals surface area contributed by atoms with E-state index in [1.165, 1.54) is 0 Å². The van der Waals surface area contributed by atoms with Gasteiger partial charge in [-0.15, -0.1) is 0 Å². The van der Waals surface area contributed by atoms with Crippen LogP contribution in [0.2, 0.25) is 0 Å². The van der Waals surface area contributed by atoms with Crippen molar-refractivity contribution in [1.82, 2.24) is 10.2 Å². The lowest BCUT2D eigenvalue weighted by atomic mass is 9.97. The molecule has 1 heterocycles. The molecule has 0 unspecified atom stereocenters. The van der Waals surface area contributed by atoms with Crippen molar-refractivity contribution in [3.8, 4) is 0 Å². The molecule has 0 aliphatic carbocycles. The number of hydrogen-bond acceptors (Lipinski definition) is 3. The normalized spacial score (nSPS) is 16.4. The van der Waals surface area contributed by atoms with Crippen LogP contribution >= 0.6 is 0 Å². The highest BCUT2D eigenvalue weighted by atomic mass is 16.4. The summed E-state index contributed by atoms with van der Waals surface area (Å²) in [6.07, 6.45) is 1.40. The van der Waals surface area contributed by atoms with E-state index >= 15 is 0 Å². The quantitative estimate of drug-likeness (QED) is 0.737. The summed E-state index contributed by atoms with van der Waals surface area (Å²) >= 11 is 0. The van der Waals surface area contributed by atoms with E-state index in [0.717, 1.165) is 0 Å². The zero-order valence-electron chi connectivity index (χ0n) is 10.6. The number of nitrogens with zero attached hydrogens (tertiary/aromatic N) is 1. The fourth-order valence-electron chi connectivity index (χ4n) is 2.04. The van der Waals surface area contributed by atoms with Crippen molar-refractivity contribution in [2.45, 2.75) is 32.6 Å². The average molecular weight is 256 g/mol. The van der Waals surface area contributed by atoms with Crippen molar-refractivity contribution in [3.63, 3.8) is 0 Å². The Morgan fingerprint density at radius 2 is 1.83 bits per heavy atom. The molecule has 0 saturated carbocycles. The van der Waals surface area contributed by atoms with Crippen molar-refractivity contribution in [3.05, 3.63) is 0 Å². The fraction of sp³-hybridized carbons (Fsp3) is 0.750. The zero-order chi connectivity index (χ0) is 13.5. The van der Waals surface area contributed by atoms with Gasteiger partial charge in [-0.1, -0.05) is 0 Å². The number of carboxylic acids is 1. The maximum absolute atomic E-state index is 11.8. The van der Waals surface area contributed by atoms with Crippen LogP contribution < -0.4 is 5.32 Å². The van der Waals surface area contributed by atoms with Crippen LogP contribution in [0, 0.1) is 5.92 Å². The number of rotatable bonds is 5. The monoisotopic (exact) mass is 256 g/mol. The summed E-state index contributed by atoms with van der Waals surface area (Å²) in [5.74, 6) is -1.31. The van der Waals surface area contributed by atoms with E-state index in [1.807, 2.05) is 6.92 Å². The van der Waals surface area contributed by atoms with Gasteiger partial charge in [-0.2, -0.15) is 0 Å². The molecule has 0 aromatic carbocycles. The molecule has 0 aromatic rings. The van der Waals surface area contributed by atoms with Gasteiger partial charge in [0.05, 0.1) is 5.92 Å². The molecule has 0 radical (unpaired) electrons. The summed E-state index contributed by atoms with van der Waals surface area (Å²) in [5, 5.41) is 11.5. The van der Waals surface area contributed by atoms with Crippen molar-refractivity contribution in [2.75, 3.05) is 19.6 Å². The minimum Gasteiger partial charge on any atom is -0.481 e. The Hall–Kier alpha value is -1.59. The molecule has 2 amide bonds. The molecule has 1 fully saturated rings. The zero-order valence-corrected chi connectivity index (χ0v) is 10.6. The molecular formula is C12H20N2O4. The third-order valence-corrected chi connectivity index (χ3v) is 3.14. The lowest BCUT2D eigenvalue weighted by molar-refractivity contribution is -0.145. The van der Waals surface area contributed by atoms with Gasteiger partial charge < -0.3 is 15.3 Å². The van der Waals surface area contributed by atoms with Gasteiger partial charge in [-0.05, 0) is 19.8 Å². The Balaban J connectivity index is 2.28. The van der Waals surface area contributed by atoms with Gasteiger partial charge in [0, 0.05) is 32.5 Å². The highest BCUT2D eigenvalue weighted by molar-refractivity contribution is 5.83. The summed E-state index contributed by atoms with van der Waals surface area (Å²) in [7, 11) is 0. The number of carbonyl (C=O) groups excluding carboxylic acids is 2. The van der Waals surface area contributed by atoms with Crippen LogP contribution in [0.5, 0.6) is 0 Å². The summed E-state index contributed by atoms with van der Waals surface area (Å²) in [5.41, 5.74) is 0. The molecule has 18 heavy (non-hydrogen) atoms. The molecule has 1 saturated heterocycles. The molecule has 6 nitrogen and oxygen atoms in total. The Bertz CT molecular complexity index is 322. The Labute approximate surface area is 106 Å². The number of hydrogen-bond donors (Lipinski definition) is 2. The van der Waals surface area contributed by atoms with Crippen molar-refractivity contribution in [2.24, 2.45) is 5.92 Å². The Morgan fingerprint density at radius 3 is 2.33 bits per heavy atom. The molecule has 0 aromatic heterocycles. The lowest BCUT2D eigenvalue weighted by Gasteiger charge is -2.30. The maximum Gasteiger partial charge on any atom is 0.306 e. The summed E-state index contributed by atoms with van der Waals surface area (Å²) < 4.78 is 0. The van der Waals surface area contributed by atoms with Crippen LogP contribution in [-0.4, -0.2) is 47.4 Å². The van der Waals surface area contributed by atoms with Crippen LogP contribution in [0.25, 0.3) is 0 Å². The predicted molar refractivity (Wildman–Crippen MR) is 64.9 cm³/mol. The minimum atomic E-state index is -0.788. The number of carboxylic acid groups (broad SMARTS) is 1. The third-order valence-electron chi connectivity index (χ3n) is 3.14. The number of likely N-dealkylation sites (tertiary alicyclic amines) is 1. The van der Waals surface area contributed by atoms with Gasteiger partial charge >= 0.3 is 5.97 Å². The van der Waals surface area contributed by atoms with Crippen molar-refractivity contribution < 1.29 is 19.5 Å². The number of carbonyl (C=O) groups is 3. The molecule has 0 spiro atoms. The van der Waals surface area contributed by atoms with E-state index in [1.54, 1.807) is 4.90 Å². The Kier molecular flexibility index (Phi) is 5.61. The molecule has 6 heteroatoms. The first-order valence-corrected chi connectivity index (χ1v) is 6.31. The molecule has 102 valence electrons. The summed E-state index contributed by atoms with van der Waals surface area (Å²) in [6, 6.07) is 0. The highest BCUT2D eigenvalue weighted by Crippen LogP contribution is 2.18. The molecule has 0 atom stereocenters. The number of nitrogens with one attached hydrogen (secondary N) is 1. The van der Waals surface area contributed by atoms with Gasteiger partial charge in [0.15, 0.2) is 0 Å². The molecule has 1 aliphatic rings. The second-order valence-electron chi connectivity index (χ2n) is 4.45. The molecule has 1 aliphatic heterocycles. The molecular weight excluding hydrogens is 236 g/mol. The van der Waals surface area contributed by atoms with E-state index in [0.29, 0.717) is 32.5 Å². The third kappa shape index (κ3) is 4.35. The van der Waals surface area contributed by atoms with Crippen LogP contribution in [-0.2, 0) is 14.4 Å². The van der Waals surface area contributed by atoms with E-state index in [2.05, 4.69) is 5.32 Å². The lowest BCUT2D eigenvalue weighted by Crippen LogP contribution is -2.40. The van der Waals surface area contributed by atoms with E-state index in [-0.39, 0.29) is 30.6 Å². The smallest absolute Gasteiger partial charge is 0.306 e. The number of piperidine rings is 1. The van der Waals surface area contributed by atoms with Gasteiger partial charge in [0.2, 0.25) is 11.8 Å². The standard InChI is InChI=1S/C12H20N2O4/c1-2-13-10(15)3-4-11(16)14-7-5-9(6-8-14)12(17)18/h9H,2-8H2,1H3,(H,13,15)(H,17,18). The predicted octanol–water partition coefficient (Wildman–Crippen LogP) is 0.226.